The molecule has 4 rings (SSSR count). The molecule has 40 heavy (non-hydrogen) atoms. The number of benzene rings is 3. The van der Waals surface area contributed by atoms with Gasteiger partial charge in [0.15, 0.2) is 11.5 Å². The van der Waals surface area contributed by atoms with Crippen LogP contribution in [0.2, 0.25) is 0 Å². The Balaban J connectivity index is 1.46. The third-order valence-electron chi connectivity index (χ3n) is 6.87. The van der Waals surface area contributed by atoms with Gasteiger partial charge in [0.1, 0.15) is 11.3 Å². The van der Waals surface area contributed by atoms with E-state index in [1.54, 1.807) is 13.8 Å². The molecule has 1 heterocycles. The van der Waals surface area contributed by atoms with Crippen LogP contribution in [0.1, 0.15) is 65.9 Å². The van der Waals surface area contributed by atoms with Gasteiger partial charge in [-0.25, -0.2) is 4.98 Å². The zero-order valence-electron chi connectivity index (χ0n) is 24.1. The molecule has 0 amide bonds. The van der Waals surface area contributed by atoms with Gasteiger partial charge in [0, 0.05) is 0 Å². The number of unbranched alkanes of at least 4 members (excludes halogenated alkanes) is 2. The number of rotatable bonds is 12. The van der Waals surface area contributed by atoms with Crippen LogP contribution in [0.15, 0.2) is 59.0 Å². The topological polar surface area (TPSA) is 87.9 Å². The molecule has 0 saturated carbocycles. The van der Waals surface area contributed by atoms with Crippen LogP contribution >= 0.6 is 0 Å². The van der Waals surface area contributed by atoms with Gasteiger partial charge in [0.05, 0.1) is 25.4 Å². The van der Waals surface area contributed by atoms with Gasteiger partial charge in [0.2, 0.25) is 5.89 Å². The Morgan fingerprint density at radius 1 is 0.875 bits per heavy atom. The first-order valence-corrected chi connectivity index (χ1v) is 14.1. The Kier molecular flexibility index (Phi) is 9.46. The van der Waals surface area contributed by atoms with E-state index in [1.807, 2.05) is 24.3 Å². The smallest absolute Gasteiger partial charge is 0.320 e. The maximum atomic E-state index is 12.2. The normalized spacial score (nSPS) is 11.8. The number of carbonyl (C=O) groups is 2. The lowest BCUT2D eigenvalue weighted by molar-refractivity contribution is -0.161. The molecule has 4 aromatic rings. The van der Waals surface area contributed by atoms with Crippen molar-refractivity contribution in [1.82, 2.24) is 4.98 Å². The molecule has 0 radical (unpaired) electrons. The fourth-order valence-corrected chi connectivity index (χ4v) is 4.64. The Morgan fingerprint density at radius 3 is 2.20 bits per heavy atom. The van der Waals surface area contributed by atoms with Crippen molar-refractivity contribution in [1.29, 1.82) is 0 Å². The minimum Gasteiger partial charge on any atom is -0.493 e. The second kappa shape index (κ2) is 13.0. The summed E-state index contributed by atoms with van der Waals surface area (Å²) in [5, 5.41) is 2.14. The quantitative estimate of drug-likeness (QED) is 0.103. The number of fused-ring (bicyclic) bond motifs is 2. The summed E-state index contributed by atoms with van der Waals surface area (Å²) in [5.41, 5.74) is 3.57. The van der Waals surface area contributed by atoms with Gasteiger partial charge in [0.25, 0.3) is 0 Å². The van der Waals surface area contributed by atoms with Crippen molar-refractivity contribution in [3.8, 4) is 17.2 Å². The highest BCUT2D eigenvalue weighted by atomic mass is 16.6. The molecule has 0 spiro atoms. The number of aromatic nitrogens is 1. The van der Waals surface area contributed by atoms with Gasteiger partial charge >= 0.3 is 11.9 Å². The maximum Gasteiger partial charge on any atom is 0.320 e. The van der Waals surface area contributed by atoms with Crippen molar-refractivity contribution in [2.45, 2.75) is 65.7 Å². The number of nitrogens with zero attached hydrogens (tertiary/aromatic N) is 1. The van der Waals surface area contributed by atoms with E-state index in [0.717, 1.165) is 40.3 Å². The lowest BCUT2D eigenvalue weighted by atomic mass is 9.87. The van der Waals surface area contributed by atoms with E-state index in [0.29, 0.717) is 31.1 Å². The Hall–Kier alpha value is -3.87. The molecule has 212 valence electrons. The Labute approximate surface area is 235 Å². The number of esters is 2. The number of hydrogen-bond acceptors (Lipinski definition) is 7. The third-order valence-corrected chi connectivity index (χ3v) is 6.87. The minimum atomic E-state index is -0.883. The zero-order valence-corrected chi connectivity index (χ0v) is 24.1. The van der Waals surface area contributed by atoms with Crippen LogP contribution in [0.3, 0.4) is 0 Å². The van der Waals surface area contributed by atoms with Gasteiger partial charge in [-0.05, 0) is 72.7 Å². The van der Waals surface area contributed by atoms with Crippen molar-refractivity contribution in [3.63, 3.8) is 0 Å². The highest BCUT2D eigenvalue weighted by Crippen LogP contribution is 2.36. The van der Waals surface area contributed by atoms with Crippen molar-refractivity contribution in [3.05, 3.63) is 60.2 Å². The summed E-state index contributed by atoms with van der Waals surface area (Å²) >= 11 is 0. The molecule has 0 atom stereocenters. The fourth-order valence-electron chi connectivity index (χ4n) is 4.64. The van der Waals surface area contributed by atoms with Crippen LogP contribution in [-0.2, 0) is 24.5 Å². The van der Waals surface area contributed by atoms with Gasteiger partial charge in [-0.1, -0.05) is 63.9 Å². The number of hydrogen-bond donors (Lipinski definition) is 0. The van der Waals surface area contributed by atoms with Crippen LogP contribution in [0.25, 0.3) is 33.3 Å². The van der Waals surface area contributed by atoms with Crippen LogP contribution in [0, 0.1) is 5.92 Å². The molecule has 0 aliphatic heterocycles. The number of ether oxygens (including phenoxy) is 3. The second-order valence-corrected chi connectivity index (χ2v) is 10.9. The first-order valence-electron chi connectivity index (χ1n) is 14.1. The first-order chi connectivity index (χ1) is 19.2. The molecule has 7 heteroatoms. The van der Waals surface area contributed by atoms with E-state index in [-0.39, 0.29) is 18.6 Å². The third kappa shape index (κ3) is 7.00. The zero-order chi connectivity index (χ0) is 28.7. The van der Waals surface area contributed by atoms with Gasteiger partial charge in [-0.2, -0.15) is 0 Å². The SMILES string of the molecule is CCOC(=O)C(CCCCCOc1cc2ccccc2cc1-c1nc2cc(C(C)(C)C)ccc2o1)C(=O)OCC. The molecule has 0 bridgehead atoms. The lowest BCUT2D eigenvalue weighted by Gasteiger charge is -2.18. The van der Waals surface area contributed by atoms with E-state index < -0.39 is 17.9 Å². The summed E-state index contributed by atoms with van der Waals surface area (Å²) in [4.78, 5) is 29.3. The van der Waals surface area contributed by atoms with Crippen molar-refractivity contribution in [2.24, 2.45) is 5.92 Å². The standard InChI is InChI=1S/C33H39NO6/c1-6-37-31(35)25(32(36)38-7-2)15-9-8-12-18-39-29-20-23-14-11-10-13-22(23)19-26(29)30-34-27-21-24(33(3,4)5)16-17-28(27)40-30/h10-11,13-14,16-17,19-21,25H,6-9,12,15,18H2,1-5H3. The van der Waals surface area contributed by atoms with Crippen molar-refractivity contribution < 1.29 is 28.2 Å². The highest BCUT2D eigenvalue weighted by molar-refractivity contribution is 5.95. The summed E-state index contributed by atoms with van der Waals surface area (Å²) in [6, 6.07) is 18.4. The van der Waals surface area contributed by atoms with Crippen LogP contribution in [0.5, 0.6) is 5.75 Å². The molecular weight excluding hydrogens is 506 g/mol. The van der Waals surface area contributed by atoms with Gasteiger partial charge in [-0.15, -0.1) is 0 Å². The van der Waals surface area contributed by atoms with Gasteiger partial charge in [-0.3, -0.25) is 9.59 Å². The van der Waals surface area contributed by atoms with E-state index in [4.69, 9.17) is 23.6 Å². The molecule has 1 aromatic heterocycles. The molecule has 3 aromatic carbocycles. The molecule has 0 unspecified atom stereocenters. The maximum absolute atomic E-state index is 12.2. The van der Waals surface area contributed by atoms with Crippen molar-refractivity contribution in [2.75, 3.05) is 19.8 Å². The van der Waals surface area contributed by atoms with Crippen molar-refractivity contribution >= 4 is 33.8 Å². The molecule has 0 N–H and O–H groups in total. The highest BCUT2D eigenvalue weighted by Gasteiger charge is 2.28. The van der Waals surface area contributed by atoms with Gasteiger partial charge < -0.3 is 18.6 Å². The summed E-state index contributed by atoms with van der Waals surface area (Å²) in [5.74, 6) is -0.700. The number of oxazole rings is 1. The predicted octanol–water partition coefficient (Wildman–Crippen LogP) is 7.63. The average Bonchev–Trinajstić information content (AvgIpc) is 3.35. The summed E-state index contributed by atoms with van der Waals surface area (Å²) in [7, 11) is 0. The monoisotopic (exact) mass is 545 g/mol. The van der Waals surface area contributed by atoms with Crippen LogP contribution in [-0.4, -0.2) is 36.7 Å². The van der Waals surface area contributed by atoms with E-state index in [1.165, 1.54) is 5.56 Å². The predicted molar refractivity (Wildman–Crippen MR) is 156 cm³/mol. The Bertz CT molecular complexity index is 1450. The fraction of sp³-hybridized carbons (Fsp3) is 0.424. The van der Waals surface area contributed by atoms with Crippen LogP contribution in [0.4, 0.5) is 0 Å². The summed E-state index contributed by atoms with van der Waals surface area (Å²) in [6.45, 7) is 10.9. The molecular formula is C33H39NO6. The second-order valence-electron chi connectivity index (χ2n) is 10.9. The molecule has 0 aliphatic rings. The molecule has 0 aliphatic carbocycles. The largest absolute Gasteiger partial charge is 0.493 e. The Morgan fingerprint density at radius 2 is 1.55 bits per heavy atom. The first kappa shape index (κ1) is 29.1. The van der Waals surface area contributed by atoms with E-state index in [2.05, 4.69) is 51.1 Å². The molecule has 0 fully saturated rings. The molecule has 7 nitrogen and oxygen atoms in total. The van der Waals surface area contributed by atoms with E-state index in [9.17, 15) is 9.59 Å². The number of carbonyl (C=O) groups excluding carboxylic acids is 2. The molecule has 0 saturated heterocycles. The summed E-state index contributed by atoms with van der Waals surface area (Å²) < 4.78 is 22.6. The summed E-state index contributed by atoms with van der Waals surface area (Å²) in [6.07, 6.45) is 2.61. The lowest BCUT2D eigenvalue weighted by Crippen LogP contribution is -2.28. The van der Waals surface area contributed by atoms with Crippen LogP contribution < -0.4 is 4.74 Å². The van der Waals surface area contributed by atoms with E-state index >= 15 is 0 Å². The minimum absolute atomic E-state index is 0.0111. The average molecular weight is 546 g/mol.